The molecule has 1 aliphatic carbocycles. The molecule has 0 fully saturated rings. The maximum atomic E-state index is 12.6. The van der Waals surface area contributed by atoms with E-state index in [0.717, 1.165) is 41.7 Å². The summed E-state index contributed by atoms with van der Waals surface area (Å²) in [5, 5.41) is 7.30. The number of esters is 1. The molecule has 1 aromatic carbocycles. The summed E-state index contributed by atoms with van der Waals surface area (Å²) in [6, 6.07) is 8.61. The molecule has 0 radical (unpaired) electrons. The number of fused-ring (bicyclic) bond motifs is 1. The summed E-state index contributed by atoms with van der Waals surface area (Å²) in [5.41, 5.74) is 2.27. The van der Waals surface area contributed by atoms with Crippen LogP contribution in [-0.2, 0) is 22.4 Å². The molecule has 10 heteroatoms. The number of amides is 1. The summed E-state index contributed by atoms with van der Waals surface area (Å²) in [4.78, 5) is 26.1. The van der Waals surface area contributed by atoms with Crippen molar-refractivity contribution in [2.45, 2.75) is 32.6 Å². The van der Waals surface area contributed by atoms with Gasteiger partial charge in [-0.3, -0.25) is 10.1 Å². The molecule has 6 nitrogen and oxygen atoms in total. The number of halogens is 2. The number of anilines is 1. The molecule has 2 aromatic heterocycles. The van der Waals surface area contributed by atoms with Crippen LogP contribution in [0.2, 0.25) is 10.0 Å². The van der Waals surface area contributed by atoms with E-state index < -0.39 is 5.91 Å². The van der Waals surface area contributed by atoms with Crippen molar-refractivity contribution >= 4 is 74.8 Å². The minimum Gasteiger partial charge on any atom is -0.462 e. The number of thiocarbonyl (C=S) groups is 1. The van der Waals surface area contributed by atoms with Gasteiger partial charge in [0.15, 0.2) is 5.11 Å². The lowest BCUT2D eigenvalue weighted by atomic mass is 9.95. The van der Waals surface area contributed by atoms with Crippen LogP contribution >= 0.6 is 46.8 Å². The van der Waals surface area contributed by atoms with Crippen molar-refractivity contribution in [1.29, 1.82) is 0 Å². The Morgan fingerprint density at radius 2 is 1.91 bits per heavy atom. The predicted molar refractivity (Wildman–Crippen MR) is 144 cm³/mol. The first-order valence-electron chi connectivity index (χ1n) is 11.0. The van der Waals surface area contributed by atoms with Gasteiger partial charge in [-0.05, 0) is 86.8 Å². The average molecular weight is 550 g/mol. The van der Waals surface area contributed by atoms with Crippen LogP contribution in [0.4, 0.5) is 5.00 Å². The van der Waals surface area contributed by atoms with Crippen LogP contribution in [0.15, 0.2) is 40.8 Å². The second-order valence-corrected chi connectivity index (χ2v) is 10.2. The third-order valence-corrected chi connectivity index (χ3v) is 7.14. The molecule has 4 rings (SSSR count). The molecule has 0 unspecified atom stereocenters. The van der Waals surface area contributed by atoms with Crippen molar-refractivity contribution in [3.63, 3.8) is 0 Å². The first kappa shape index (κ1) is 25.4. The number of hydrogen-bond acceptors (Lipinski definition) is 6. The first-order chi connectivity index (χ1) is 16.8. The molecule has 0 atom stereocenters. The average Bonchev–Trinajstić information content (AvgIpc) is 3.41. The fraction of sp³-hybridized carbons (Fsp3) is 0.240. The zero-order valence-electron chi connectivity index (χ0n) is 18.8. The summed E-state index contributed by atoms with van der Waals surface area (Å²) >= 11 is 18.9. The van der Waals surface area contributed by atoms with Gasteiger partial charge in [0.1, 0.15) is 16.5 Å². The van der Waals surface area contributed by atoms with Gasteiger partial charge in [-0.15, -0.1) is 11.3 Å². The van der Waals surface area contributed by atoms with Gasteiger partial charge in [0, 0.05) is 26.6 Å². The van der Waals surface area contributed by atoms with E-state index in [1.165, 1.54) is 23.5 Å². The van der Waals surface area contributed by atoms with Crippen LogP contribution in [0.3, 0.4) is 0 Å². The zero-order valence-corrected chi connectivity index (χ0v) is 21.9. The molecule has 182 valence electrons. The highest BCUT2D eigenvalue weighted by Gasteiger charge is 2.26. The molecule has 1 amide bonds. The molecule has 2 heterocycles. The van der Waals surface area contributed by atoms with Gasteiger partial charge in [0.05, 0.1) is 12.2 Å². The van der Waals surface area contributed by atoms with Crippen molar-refractivity contribution in [3.05, 3.63) is 68.2 Å². The third kappa shape index (κ3) is 6.32. The van der Waals surface area contributed by atoms with Gasteiger partial charge in [-0.25, -0.2) is 4.79 Å². The van der Waals surface area contributed by atoms with Crippen molar-refractivity contribution in [2.75, 3.05) is 11.9 Å². The molecular weight excluding hydrogens is 527 g/mol. The minimum atomic E-state index is -0.440. The number of nitrogens with one attached hydrogen (secondary N) is 2. The Bertz CT molecular complexity index is 1290. The molecule has 35 heavy (non-hydrogen) atoms. The standard InChI is InChI=1S/C25H22Cl2N2O4S2/c1-2-32-24(31)22-18-5-3-4-6-20(18)35-23(22)29-25(34)28-21(30)10-8-17-7-9-19(33-17)14-11-15(26)13-16(27)12-14/h7-13H,2-6H2,1H3,(H2,28,29,30,34)/b10-8+. The summed E-state index contributed by atoms with van der Waals surface area (Å²) in [5.74, 6) is 0.226. The van der Waals surface area contributed by atoms with E-state index in [1.54, 1.807) is 37.3 Å². The first-order valence-corrected chi connectivity index (χ1v) is 13.0. The number of carbonyl (C=O) groups excluding carboxylic acids is 2. The predicted octanol–water partition coefficient (Wildman–Crippen LogP) is 6.90. The molecule has 0 aliphatic heterocycles. The summed E-state index contributed by atoms with van der Waals surface area (Å²) in [6.45, 7) is 2.06. The van der Waals surface area contributed by atoms with Gasteiger partial charge in [0.25, 0.3) is 0 Å². The lowest BCUT2D eigenvalue weighted by molar-refractivity contribution is -0.115. The van der Waals surface area contributed by atoms with Gasteiger partial charge in [-0.2, -0.15) is 0 Å². The smallest absolute Gasteiger partial charge is 0.341 e. The molecule has 0 saturated heterocycles. The Morgan fingerprint density at radius 3 is 2.66 bits per heavy atom. The van der Waals surface area contributed by atoms with E-state index in [0.29, 0.717) is 32.1 Å². The molecule has 0 saturated carbocycles. The lowest BCUT2D eigenvalue weighted by Gasteiger charge is -2.12. The molecule has 2 N–H and O–H groups in total. The van der Waals surface area contributed by atoms with Crippen molar-refractivity contribution in [3.8, 4) is 11.3 Å². The second kappa shape index (κ2) is 11.4. The molecule has 1 aliphatic rings. The fourth-order valence-corrected chi connectivity index (χ4v) is 5.89. The Labute approximate surface area is 222 Å². The van der Waals surface area contributed by atoms with Crippen LogP contribution in [0.1, 0.15) is 46.3 Å². The molecule has 3 aromatic rings. The summed E-state index contributed by atoms with van der Waals surface area (Å²) in [7, 11) is 0. The number of benzene rings is 1. The Hall–Kier alpha value is -2.65. The second-order valence-electron chi connectivity index (χ2n) is 7.77. The Kier molecular flexibility index (Phi) is 8.28. The molecule has 0 spiro atoms. The van der Waals surface area contributed by atoms with Crippen molar-refractivity contribution < 1.29 is 18.7 Å². The SMILES string of the molecule is CCOC(=O)c1c(NC(=S)NC(=O)/C=C/c2ccc(-c3cc(Cl)cc(Cl)c3)o2)sc2c1CCCC2. The van der Waals surface area contributed by atoms with E-state index in [4.69, 9.17) is 44.6 Å². The number of furan rings is 1. The number of aryl methyl sites for hydroxylation is 1. The lowest BCUT2D eigenvalue weighted by Crippen LogP contribution is -2.33. The van der Waals surface area contributed by atoms with Crippen LogP contribution in [0, 0.1) is 0 Å². The summed E-state index contributed by atoms with van der Waals surface area (Å²) in [6.07, 6.45) is 6.70. The Balaban J connectivity index is 1.41. The minimum absolute atomic E-state index is 0.0949. The van der Waals surface area contributed by atoms with Gasteiger partial charge < -0.3 is 14.5 Å². The molecule has 0 bridgehead atoms. The van der Waals surface area contributed by atoms with Crippen LogP contribution in [-0.4, -0.2) is 23.6 Å². The van der Waals surface area contributed by atoms with Crippen molar-refractivity contribution in [1.82, 2.24) is 5.32 Å². The number of rotatable bonds is 6. The quantitative estimate of drug-likeness (QED) is 0.198. The van der Waals surface area contributed by atoms with Gasteiger partial charge in [-0.1, -0.05) is 23.2 Å². The zero-order chi connectivity index (χ0) is 24.9. The number of hydrogen-bond donors (Lipinski definition) is 2. The highest BCUT2D eigenvalue weighted by molar-refractivity contribution is 7.80. The summed E-state index contributed by atoms with van der Waals surface area (Å²) < 4.78 is 11.0. The Morgan fingerprint density at radius 1 is 1.17 bits per heavy atom. The van der Waals surface area contributed by atoms with E-state index >= 15 is 0 Å². The highest BCUT2D eigenvalue weighted by atomic mass is 35.5. The van der Waals surface area contributed by atoms with E-state index in [-0.39, 0.29) is 17.7 Å². The molecular formula is C25H22Cl2N2O4S2. The largest absolute Gasteiger partial charge is 0.462 e. The maximum absolute atomic E-state index is 12.6. The van der Waals surface area contributed by atoms with Crippen LogP contribution in [0.5, 0.6) is 0 Å². The monoisotopic (exact) mass is 548 g/mol. The normalized spacial score (nSPS) is 12.9. The number of thiophene rings is 1. The van der Waals surface area contributed by atoms with Crippen LogP contribution in [0.25, 0.3) is 17.4 Å². The number of ether oxygens (including phenoxy) is 1. The fourth-order valence-electron chi connectivity index (χ4n) is 3.81. The number of carbonyl (C=O) groups is 2. The van der Waals surface area contributed by atoms with E-state index in [2.05, 4.69) is 10.6 Å². The van der Waals surface area contributed by atoms with E-state index in [9.17, 15) is 9.59 Å². The van der Waals surface area contributed by atoms with Gasteiger partial charge >= 0.3 is 5.97 Å². The third-order valence-electron chi connectivity index (χ3n) is 5.29. The highest BCUT2D eigenvalue weighted by Crippen LogP contribution is 2.38. The van der Waals surface area contributed by atoms with Crippen LogP contribution < -0.4 is 10.6 Å². The topological polar surface area (TPSA) is 80.6 Å². The van der Waals surface area contributed by atoms with Gasteiger partial charge in [0.2, 0.25) is 5.91 Å². The van der Waals surface area contributed by atoms with E-state index in [1.807, 2.05) is 0 Å². The maximum Gasteiger partial charge on any atom is 0.341 e. The van der Waals surface area contributed by atoms with Crippen molar-refractivity contribution in [2.24, 2.45) is 0 Å².